The van der Waals surface area contributed by atoms with Crippen LogP contribution >= 0.6 is 0 Å². The Morgan fingerprint density at radius 3 is 2.24 bits per heavy atom. The molecule has 1 aliphatic carbocycles. The molecule has 1 N–H and O–H groups in total. The van der Waals surface area contributed by atoms with Crippen LogP contribution < -0.4 is 10.2 Å². The molecule has 1 saturated carbocycles. The lowest BCUT2D eigenvalue weighted by molar-refractivity contribution is -0.130. The Bertz CT molecular complexity index is 737. The number of carbonyl (C=O) groups excluding carboxylic acids is 2. The number of hydrogen-bond donors (Lipinski definition) is 1. The standard InChI is InChI=1S/C20H22N2O3/c1-22(2)17-12-8-15(9-13-17)20(24)25-18(14-6-4-3-5-7-14)19(23)21-16-10-11-16/h3-9,12-13,16,18H,10-11H2,1-2H3,(H,21,23)/t18-/m0/s1. The highest BCUT2D eigenvalue weighted by Crippen LogP contribution is 2.24. The zero-order chi connectivity index (χ0) is 17.8. The minimum Gasteiger partial charge on any atom is -0.444 e. The minimum absolute atomic E-state index is 0.205. The third-order valence-corrected chi connectivity index (χ3v) is 4.11. The van der Waals surface area contributed by atoms with Gasteiger partial charge in [-0.3, -0.25) is 4.79 Å². The molecule has 2 aromatic carbocycles. The second-order valence-corrected chi connectivity index (χ2v) is 6.42. The van der Waals surface area contributed by atoms with Crippen molar-refractivity contribution in [3.63, 3.8) is 0 Å². The molecule has 0 saturated heterocycles. The van der Waals surface area contributed by atoms with Crippen LogP contribution in [0.25, 0.3) is 0 Å². The first-order valence-electron chi connectivity index (χ1n) is 8.38. The van der Waals surface area contributed by atoms with Gasteiger partial charge in [0.25, 0.3) is 5.91 Å². The lowest BCUT2D eigenvalue weighted by Crippen LogP contribution is -2.33. The average Bonchev–Trinajstić information content (AvgIpc) is 3.44. The summed E-state index contributed by atoms with van der Waals surface area (Å²) in [5.41, 5.74) is 2.08. The quantitative estimate of drug-likeness (QED) is 0.823. The number of amides is 1. The molecular weight excluding hydrogens is 316 g/mol. The van der Waals surface area contributed by atoms with Crippen molar-refractivity contribution in [2.75, 3.05) is 19.0 Å². The van der Waals surface area contributed by atoms with E-state index in [2.05, 4.69) is 5.32 Å². The molecule has 5 nitrogen and oxygen atoms in total. The summed E-state index contributed by atoms with van der Waals surface area (Å²) in [4.78, 5) is 27.0. The lowest BCUT2D eigenvalue weighted by atomic mass is 10.1. The molecular formula is C20H22N2O3. The molecule has 3 rings (SSSR count). The maximum absolute atomic E-state index is 12.5. The summed E-state index contributed by atoms with van der Waals surface area (Å²) in [7, 11) is 3.86. The van der Waals surface area contributed by atoms with E-state index in [1.165, 1.54) is 0 Å². The van der Waals surface area contributed by atoms with E-state index in [1.807, 2.05) is 49.3 Å². The molecule has 0 radical (unpaired) electrons. The smallest absolute Gasteiger partial charge is 0.339 e. The molecule has 0 unspecified atom stereocenters. The van der Waals surface area contributed by atoms with E-state index < -0.39 is 12.1 Å². The first-order chi connectivity index (χ1) is 12.0. The van der Waals surface area contributed by atoms with Crippen molar-refractivity contribution in [3.8, 4) is 0 Å². The predicted molar refractivity (Wildman–Crippen MR) is 96.5 cm³/mol. The van der Waals surface area contributed by atoms with Gasteiger partial charge in [0.05, 0.1) is 5.56 Å². The van der Waals surface area contributed by atoms with Crippen molar-refractivity contribution in [1.82, 2.24) is 5.32 Å². The van der Waals surface area contributed by atoms with E-state index in [1.54, 1.807) is 24.3 Å². The molecule has 0 spiro atoms. The Kier molecular flexibility index (Phi) is 5.03. The fraction of sp³-hybridized carbons (Fsp3) is 0.300. The molecule has 0 aliphatic heterocycles. The third-order valence-electron chi connectivity index (χ3n) is 4.11. The number of hydrogen-bond acceptors (Lipinski definition) is 4. The van der Waals surface area contributed by atoms with Crippen molar-refractivity contribution in [2.45, 2.75) is 25.0 Å². The number of anilines is 1. The van der Waals surface area contributed by atoms with Gasteiger partial charge in [0.2, 0.25) is 6.10 Å². The van der Waals surface area contributed by atoms with Gasteiger partial charge in [-0.15, -0.1) is 0 Å². The van der Waals surface area contributed by atoms with E-state index in [0.29, 0.717) is 11.1 Å². The van der Waals surface area contributed by atoms with Crippen LogP contribution in [-0.4, -0.2) is 32.0 Å². The zero-order valence-corrected chi connectivity index (χ0v) is 14.4. The van der Waals surface area contributed by atoms with Gasteiger partial charge in [0.1, 0.15) is 0 Å². The van der Waals surface area contributed by atoms with Gasteiger partial charge in [-0.1, -0.05) is 30.3 Å². The van der Waals surface area contributed by atoms with Crippen LogP contribution in [0, 0.1) is 0 Å². The summed E-state index contributed by atoms with van der Waals surface area (Å²) in [5, 5.41) is 2.91. The zero-order valence-electron chi connectivity index (χ0n) is 14.4. The largest absolute Gasteiger partial charge is 0.444 e. The molecule has 1 fully saturated rings. The Hall–Kier alpha value is -2.82. The van der Waals surface area contributed by atoms with Crippen molar-refractivity contribution in [1.29, 1.82) is 0 Å². The minimum atomic E-state index is -0.942. The van der Waals surface area contributed by atoms with E-state index in [-0.39, 0.29) is 11.9 Å². The third kappa shape index (κ3) is 4.38. The highest BCUT2D eigenvalue weighted by atomic mass is 16.5. The molecule has 0 aromatic heterocycles. The number of nitrogens with one attached hydrogen (secondary N) is 1. The number of rotatable bonds is 6. The van der Waals surface area contributed by atoms with Crippen LogP contribution in [-0.2, 0) is 9.53 Å². The monoisotopic (exact) mass is 338 g/mol. The van der Waals surface area contributed by atoms with Crippen molar-refractivity contribution in [2.24, 2.45) is 0 Å². The fourth-order valence-corrected chi connectivity index (χ4v) is 2.48. The molecule has 1 atom stereocenters. The highest BCUT2D eigenvalue weighted by Gasteiger charge is 2.31. The maximum atomic E-state index is 12.5. The van der Waals surface area contributed by atoms with Crippen molar-refractivity contribution in [3.05, 3.63) is 65.7 Å². The molecule has 0 heterocycles. The molecule has 25 heavy (non-hydrogen) atoms. The number of esters is 1. The van der Waals surface area contributed by atoms with E-state index in [9.17, 15) is 9.59 Å². The number of ether oxygens (including phenoxy) is 1. The predicted octanol–water partition coefficient (Wildman–Crippen LogP) is 2.93. The van der Waals surface area contributed by atoms with Gasteiger partial charge in [0, 0.05) is 31.4 Å². The summed E-state index contributed by atoms with van der Waals surface area (Å²) in [6, 6.07) is 16.4. The summed E-state index contributed by atoms with van der Waals surface area (Å²) in [5.74, 6) is -0.780. The Labute approximate surface area is 147 Å². The lowest BCUT2D eigenvalue weighted by Gasteiger charge is -2.18. The Morgan fingerprint density at radius 2 is 1.68 bits per heavy atom. The Morgan fingerprint density at radius 1 is 1.04 bits per heavy atom. The van der Waals surface area contributed by atoms with Crippen LogP contribution in [0.15, 0.2) is 54.6 Å². The second-order valence-electron chi connectivity index (χ2n) is 6.42. The SMILES string of the molecule is CN(C)c1ccc(C(=O)O[C@H](C(=O)NC2CC2)c2ccccc2)cc1. The summed E-state index contributed by atoms with van der Waals surface area (Å²) in [6.45, 7) is 0. The van der Waals surface area contributed by atoms with Crippen molar-refractivity contribution < 1.29 is 14.3 Å². The Balaban J connectivity index is 1.76. The molecule has 0 bridgehead atoms. The van der Waals surface area contributed by atoms with Gasteiger partial charge in [-0.2, -0.15) is 0 Å². The van der Waals surface area contributed by atoms with Gasteiger partial charge in [0.15, 0.2) is 0 Å². The normalized spacial score (nSPS) is 14.5. The van der Waals surface area contributed by atoms with Gasteiger partial charge in [-0.05, 0) is 37.1 Å². The van der Waals surface area contributed by atoms with E-state index in [0.717, 1.165) is 18.5 Å². The summed E-state index contributed by atoms with van der Waals surface area (Å²) >= 11 is 0. The van der Waals surface area contributed by atoms with E-state index >= 15 is 0 Å². The number of benzene rings is 2. The molecule has 1 amide bonds. The number of nitrogens with zero attached hydrogens (tertiary/aromatic N) is 1. The first-order valence-corrected chi connectivity index (χ1v) is 8.38. The maximum Gasteiger partial charge on any atom is 0.339 e. The highest BCUT2D eigenvalue weighted by molar-refractivity contribution is 5.93. The molecule has 130 valence electrons. The van der Waals surface area contributed by atoms with Crippen LogP contribution in [0.5, 0.6) is 0 Å². The molecule has 1 aliphatic rings. The van der Waals surface area contributed by atoms with E-state index in [4.69, 9.17) is 4.74 Å². The van der Waals surface area contributed by atoms with Gasteiger partial charge >= 0.3 is 5.97 Å². The number of carbonyl (C=O) groups is 2. The van der Waals surface area contributed by atoms with Crippen LogP contribution in [0.4, 0.5) is 5.69 Å². The first kappa shape index (κ1) is 17.0. The van der Waals surface area contributed by atoms with Crippen LogP contribution in [0.1, 0.15) is 34.9 Å². The molecule has 2 aromatic rings. The topological polar surface area (TPSA) is 58.6 Å². The van der Waals surface area contributed by atoms with Gasteiger partial charge in [-0.25, -0.2) is 4.79 Å². The average molecular weight is 338 g/mol. The second kappa shape index (κ2) is 7.38. The fourth-order valence-electron chi connectivity index (χ4n) is 2.48. The summed E-state index contributed by atoms with van der Waals surface area (Å²) in [6.07, 6.45) is 1.02. The molecule has 5 heteroatoms. The summed E-state index contributed by atoms with van der Waals surface area (Å²) < 4.78 is 5.55. The van der Waals surface area contributed by atoms with Gasteiger partial charge < -0.3 is 15.0 Å². The van der Waals surface area contributed by atoms with Crippen LogP contribution in [0.3, 0.4) is 0 Å². The van der Waals surface area contributed by atoms with Crippen molar-refractivity contribution >= 4 is 17.6 Å². The van der Waals surface area contributed by atoms with Crippen LogP contribution in [0.2, 0.25) is 0 Å².